The first kappa shape index (κ1) is 19.6. The van der Waals surface area contributed by atoms with Crippen LogP contribution in [0.15, 0.2) is 48.5 Å². The van der Waals surface area contributed by atoms with Crippen molar-refractivity contribution in [3.05, 3.63) is 59.1 Å². The van der Waals surface area contributed by atoms with Crippen LogP contribution >= 0.6 is 11.6 Å². The highest BCUT2D eigenvalue weighted by Crippen LogP contribution is 2.27. The molecule has 0 atom stereocenters. The summed E-state index contributed by atoms with van der Waals surface area (Å²) in [6.07, 6.45) is 2.67. The van der Waals surface area contributed by atoms with E-state index >= 15 is 0 Å². The number of likely N-dealkylation sites (tertiary alicyclic amines) is 1. The van der Waals surface area contributed by atoms with Crippen LogP contribution in [0.2, 0.25) is 5.02 Å². The zero-order chi connectivity index (χ0) is 19.3. The monoisotopic (exact) mass is 401 g/mol. The molecule has 150 valence electrons. The number of ether oxygens (including phenoxy) is 1. The van der Waals surface area contributed by atoms with Gasteiger partial charge in [-0.2, -0.15) is 0 Å². The molecular formula is C23H32ClN3O+2. The Kier molecular flexibility index (Phi) is 6.40. The molecule has 0 spiro atoms. The second kappa shape index (κ2) is 9.17. The van der Waals surface area contributed by atoms with Gasteiger partial charge in [-0.05, 0) is 24.3 Å². The van der Waals surface area contributed by atoms with Crippen LogP contribution in [0.25, 0.3) is 0 Å². The molecule has 5 heteroatoms. The predicted molar refractivity (Wildman–Crippen MR) is 115 cm³/mol. The third kappa shape index (κ3) is 4.62. The van der Waals surface area contributed by atoms with Crippen molar-refractivity contribution in [1.29, 1.82) is 0 Å². The number of nitrogens with zero attached hydrogens (tertiary/aromatic N) is 1. The molecule has 2 aliphatic heterocycles. The molecule has 0 bridgehead atoms. The normalized spacial score (nSPS) is 23.6. The van der Waals surface area contributed by atoms with E-state index in [2.05, 4.69) is 41.3 Å². The fourth-order valence-electron chi connectivity index (χ4n) is 4.88. The summed E-state index contributed by atoms with van der Waals surface area (Å²) in [5.41, 5.74) is 2.60. The summed E-state index contributed by atoms with van der Waals surface area (Å²) in [6.45, 7) is 8.34. The molecule has 0 aliphatic carbocycles. The summed E-state index contributed by atoms with van der Waals surface area (Å²) in [7, 11) is 1.76. The lowest BCUT2D eigenvalue weighted by Crippen LogP contribution is -3.21. The SMILES string of the molecule is COc1ccccc1N1CC[NH+](C2CC[NH+](Cc3cccc(Cl)c3)CC2)CC1. The summed E-state index contributed by atoms with van der Waals surface area (Å²) in [6, 6.07) is 17.6. The van der Waals surface area contributed by atoms with Crippen LogP contribution in [-0.4, -0.2) is 52.4 Å². The molecule has 2 aliphatic rings. The van der Waals surface area contributed by atoms with Crippen molar-refractivity contribution in [3.8, 4) is 5.75 Å². The summed E-state index contributed by atoms with van der Waals surface area (Å²) in [5, 5.41) is 0.851. The van der Waals surface area contributed by atoms with Crippen LogP contribution < -0.4 is 19.4 Å². The van der Waals surface area contributed by atoms with E-state index in [0.29, 0.717) is 0 Å². The maximum absolute atomic E-state index is 6.14. The van der Waals surface area contributed by atoms with Gasteiger partial charge in [0.05, 0.1) is 58.1 Å². The van der Waals surface area contributed by atoms with Gasteiger partial charge in [0.2, 0.25) is 0 Å². The van der Waals surface area contributed by atoms with Crippen LogP contribution in [-0.2, 0) is 6.54 Å². The Morgan fingerprint density at radius 1 is 1.00 bits per heavy atom. The number of methoxy groups -OCH3 is 1. The largest absolute Gasteiger partial charge is 0.495 e. The number of nitrogens with one attached hydrogen (secondary N) is 2. The van der Waals surface area contributed by atoms with E-state index < -0.39 is 0 Å². The predicted octanol–water partition coefficient (Wildman–Crippen LogP) is 1.30. The average molecular weight is 402 g/mol. The van der Waals surface area contributed by atoms with Gasteiger partial charge in [0.25, 0.3) is 0 Å². The molecule has 2 aromatic carbocycles. The molecule has 2 fully saturated rings. The first-order chi connectivity index (χ1) is 13.7. The zero-order valence-electron chi connectivity index (χ0n) is 16.8. The van der Waals surface area contributed by atoms with Crippen molar-refractivity contribution in [2.75, 3.05) is 51.3 Å². The van der Waals surface area contributed by atoms with Crippen molar-refractivity contribution in [3.63, 3.8) is 0 Å². The smallest absolute Gasteiger partial charge is 0.142 e. The molecule has 2 heterocycles. The first-order valence-corrected chi connectivity index (χ1v) is 10.9. The molecule has 2 aromatic rings. The van der Waals surface area contributed by atoms with Crippen molar-refractivity contribution in [2.24, 2.45) is 0 Å². The summed E-state index contributed by atoms with van der Waals surface area (Å²) in [5.74, 6) is 0.990. The number of halogens is 1. The van der Waals surface area contributed by atoms with Crippen LogP contribution in [0, 0.1) is 0 Å². The third-order valence-electron chi connectivity index (χ3n) is 6.44. The van der Waals surface area contributed by atoms with Crippen LogP contribution in [0.3, 0.4) is 0 Å². The first-order valence-electron chi connectivity index (χ1n) is 10.5. The third-order valence-corrected chi connectivity index (χ3v) is 6.68. The van der Waals surface area contributed by atoms with E-state index in [4.69, 9.17) is 16.3 Å². The highest BCUT2D eigenvalue weighted by Gasteiger charge is 2.32. The minimum absolute atomic E-state index is 0.822. The highest BCUT2D eigenvalue weighted by molar-refractivity contribution is 6.30. The van der Waals surface area contributed by atoms with E-state index in [1.54, 1.807) is 16.9 Å². The lowest BCUT2D eigenvalue weighted by molar-refractivity contribution is -0.963. The van der Waals surface area contributed by atoms with Gasteiger partial charge >= 0.3 is 0 Å². The van der Waals surface area contributed by atoms with Gasteiger partial charge in [-0.25, -0.2) is 0 Å². The van der Waals surface area contributed by atoms with Crippen LogP contribution in [0.5, 0.6) is 5.75 Å². The zero-order valence-corrected chi connectivity index (χ0v) is 17.5. The molecule has 0 unspecified atom stereocenters. The Labute approximate surface area is 173 Å². The molecule has 0 aromatic heterocycles. The van der Waals surface area contributed by atoms with Crippen LogP contribution in [0.4, 0.5) is 5.69 Å². The second-order valence-corrected chi connectivity index (χ2v) is 8.58. The van der Waals surface area contributed by atoms with E-state index in [9.17, 15) is 0 Å². The van der Waals surface area contributed by atoms with Crippen molar-refractivity contribution in [2.45, 2.75) is 25.4 Å². The van der Waals surface area contributed by atoms with Gasteiger partial charge in [0, 0.05) is 23.4 Å². The lowest BCUT2D eigenvalue weighted by atomic mass is 10.0. The van der Waals surface area contributed by atoms with E-state index in [-0.39, 0.29) is 0 Å². The minimum atomic E-state index is 0.822. The molecule has 2 saturated heterocycles. The summed E-state index contributed by atoms with van der Waals surface area (Å²) < 4.78 is 5.55. The standard InChI is InChI=1S/C23H30ClN3O/c1-28-23-8-3-2-7-22(23)27-15-13-26(14-16-27)21-9-11-25(12-10-21)18-19-5-4-6-20(24)17-19/h2-8,17,21H,9-16,18H2,1H3/p+2. The number of rotatable bonds is 5. The number of quaternary nitrogens is 2. The number of piperidine rings is 1. The summed E-state index contributed by atoms with van der Waals surface area (Å²) in [4.78, 5) is 5.99. The van der Waals surface area contributed by atoms with Crippen molar-refractivity contribution < 1.29 is 14.5 Å². The van der Waals surface area contributed by atoms with E-state index in [1.165, 1.54) is 50.3 Å². The van der Waals surface area contributed by atoms with Crippen molar-refractivity contribution in [1.82, 2.24) is 0 Å². The fourth-order valence-corrected chi connectivity index (χ4v) is 5.09. The molecule has 0 amide bonds. The maximum atomic E-state index is 6.14. The number of benzene rings is 2. The van der Waals surface area contributed by atoms with Gasteiger partial charge in [-0.1, -0.05) is 35.9 Å². The number of anilines is 1. The van der Waals surface area contributed by atoms with Gasteiger partial charge in [0.1, 0.15) is 12.3 Å². The number of para-hydroxylation sites is 2. The number of piperazine rings is 1. The second-order valence-electron chi connectivity index (χ2n) is 8.15. The Hall–Kier alpha value is -1.75. The molecular weight excluding hydrogens is 370 g/mol. The fraction of sp³-hybridized carbons (Fsp3) is 0.478. The van der Waals surface area contributed by atoms with Gasteiger partial charge in [0.15, 0.2) is 0 Å². The van der Waals surface area contributed by atoms with E-state index in [0.717, 1.165) is 36.4 Å². The minimum Gasteiger partial charge on any atom is -0.495 e. The molecule has 4 nitrogen and oxygen atoms in total. The van der Waals surface area contributed by atoms with Gasteiger partial charge in [-0.15, -0.1) is 0 Å². The van der Waals surface area contributed by atoms with E-state index in [1.807, 2.05) is 12.1 Å². The van der Waals surface area contributed by atoms with Crippen LogP contribution in [0.1, 0.15) is 18.4 Å². The Balaban J connectivity index is 1.26. The summed E-state index contributed by atoms with van der Waals surface area (Å²) >= 11 is 6.14. The number of hydrogen-bond acceptors (Lipinski definition) is 2. The Morgan fingerprint density at radius 2 is 1.75 bits per heavy atom. The molecule has 0 radical (unpaired) electrons. The highest BCUT2D eigenvalue weighted by atomic mass is 35.5. The number of hydrogen-bond donors (Lipinski definition) is 2. The molecule has 0 saturated carbocycles. The van der Waals surface area contributed by atoms with Gasteiger partial charge < -0.3 is 19.4 Å². The Morgan fingerprint density at radius 3 is 2.46 bits per heavy atom. The molecule has 2 N–H and O–H groups in total. The Bertz CT molecular complexity index is 768. The molecule has 4 rings (SSSR count). The average Bonchev–Trinajstić information content (AvgIpc) is 2.74. The quantitative estimate of drug-likeness (QED) is 0.788. The topological polar surface area (TPSA) is 21.4 Å². The lowest BCUT2D eigenvalue weighted by Gasteiger charge is -2.40. The van der Waals surface area contributed by atoms with Crippen molar-refractivity contribution >= 4 is 17.3 Å². The van der Waals surface area contributed by atoms with Gasteiger partial charge in [-0.3, -0.25) is 0 Å². The molecule has 28 heavy (non-hydrogen) atoms. The maximum Gasteiger partial charge on any atom is 0.142 e.